The van der Waals surface area contributed by atoms with E-state index in [1.807, 2.05) is 30.3 Å². The van der Waals surface area contributed by atoms with E-state index in [1.54, 1.807) is 30.5 Å². The van der Waals surface area contributed by atoms with Crippen LogP contribution in [0.3, 0.4) is 0 Å². The smallest absolute Gasteiger partial charge is 0.275 e. The SMILES string of the molecule is O=C(CSc1ccc(F)cc1)NCc1nn(Cc2ccccn2)c(=O)c2ccccc12. The maximum absolute atomic E-state index is 13.0. The normalized spacial score (nSPS) is 10.9. The minimum Gasteiger partial charge on any atom is -0.350 e. The van der Waals surface area contributed by atoms with Crippen LogP contribution in [0.15, 0.2) is 82.6 Å². The van der Waals surface area contributed by atoms with Gasteiger partial charge >= 0.3 is 0 Å². The third-order valence-electron chi connectivity index (χ3n) is 4.62. The molecule has 8 heteroatoms. The topological polar surface area (TPSA) is 76.9 Å². The molecule has 0 radical (unpaired) electrons. The van der Waals surface area contributed by atoms with E-state index in [0.29, 0.717) is 16.5 Å². The van der Waals surface area contributed by atoms with Crippen molar-refractivity contribution in [3.8, 4) is 0 Å². The number of carbonyl (C=O) groups excluding carboxylic acids is 1. The largest absolute Gasteiger partial charge is 0.350 e. The van der Waals surface area contributed by atoms with E-state index >= 15 is 0 Å². The summed E-state index contributed by atoms with van der Waals surface area (Å²) >= 11 is 1.32. The molecule has 0 spiro atoms. The van der Waals surface area contributed by atoms with E-state index in [-0.39, 0.29) is 36.1 Å². The van der Waals surface area contributed by atoms with E-state index in [1.165, 1.54) is 28.6 Å². The van der Waals surface area contributed by atoms with Crippen LogP contribution in [-0.4, -0.2) is 26.4 Å². The van der Waals surface area contributed by atoms with Gasteiger partial charge in [0.15, 0.2) is 0 Å². The Morgan fingerprint density at radius 2 is 1.74 bits per heavy atom. The lowest BCUT2D eigenvalue weighted by molar-refractivity contribution is -0.118. The van der Waals surface area contributed by atoms with Crippen molar-refractivity contribution in [3.63, 3.8) is 0 Å². The molecule has 2 aromatic carbocycles. The van der Waals surface area contributed by atoms with Gasteiger partial charge in [-0.3, -0.25) is 14.6 Å². The number of amides is 1. The van der Waals surface area contributed by atoms with E-state index < -0.39 is 0 Å². The molecule has 0 saturated carbocycles. The summed E-state index contributed by atoms with van der Waals surface area (Å²) in [5, 5.41) is 8.60. The molecule has 1 N–H and O–H groups in total. The fourth-order valence-electron chi connectivity index (χ4n) is 3.10. The zero-order valence-corrected chi connectivity index (χ0v) is 17.3. The van der Waals surface area contributed by atoms with Crippen LogP contribution in [0.25, 0.3) is 10.8 Å². The van der Waals surface area contributed by atoms with E-state index in [9.17, 15) is 14.0 Å². The highest BCUT2D eigenvalue weighted by molar-refractivity contribution is 8.00. The van der Waals surface area contributed by atoms with E-state index in [2.05, 4.69) is 15.4 Å². The number of carbonyl (C=O) groups is 1. The van der Waals surface area contributed by atoms with Gasteiger partial charge in [0, 0.05) is 16.5 Å². The molecule has 0 bridgehead atoms. The van der Waals surface area contributed by atoms with Crippen molar-refractivity contribution in [2.75, 3.05) is 5.75 Å². The van der Waals surface area contributed by atoms with Gasteiger partial charge in [-0.2, -0.15) is 5.10 Å². The first-order chi connectivity index (χ1) is 15.1. The number of hydrogen-bond donors (Lipinski definition) is 1. The highest BCUT2D eigenvalue weighted by Crippen LogP contribution is 2.18. The Labute approximate surface area is 182 Å². The first-order valence-electron chi connectivity index (χ1n) is 9.64. The van der Waals surface area contributed by atoms with E-state index in [4.69, 9.17) is 0 Å². The second kappa shape index (κ2) is 9.53. The van der Waals surface area contributed by atoms with Gasteiger partial charge in [-0.15, -0.1) is 11.8 Å². The molecule has 2 aromatic heterocycles. The van der Waals surface area contributed by atoms with Crippen LogP contribution in [0.2, 0.25) is 0 Å². The highest BCUT2D eigenvalue weighted by Gasteiger charge is 2.12. The number of aromatic nitrogens is 3. The number of halogens is 1. The quantitative estimate of drug-likeness (QED) is 0.451. The molecular formula is C23H19FN4O2S. The number of thioether (sulfide) groups is 1. The Morgan fingerprint density at radius 1 is 1.00 bits per heavy atom. The summed E-state index contributed by atoms with van der Waals surface area (Å²) in [6.07, 6.45) is 1.67. The molecule has 4 rings (SSSR count). The summed E-state index contributed by atoms with van der Waals surface area (Å²) in [6, 6.07) is 18.7. The zero-order chi connectivity index (χ0) is 21.6. The van der Waals surface area contributed by atoms with Crippen LogP contribution in [0, 0.1) is 5.82 Å². The molecule has 4 aromatic rings. The Bertz CT molecular complexity index is 1260. The van der Waals surface area contributed by atoms with Crippen molar-refractivity contribution in [1.29, 1.82) is 0 Å². The maximum atomic E-state index is 13.0. The van der Waals surface area contributed by atoms with Gasteiger partial charge in [0.2, 0.25) is 5.91 Å². The lowest BCUT2D eigenvalue weighted by atomic mass is 10.1. The molecule has 0 aliphatic carbocycles. The number of nitrogens with one attached hydrogen (secondary N) is 1. The third kappa shape index (κ3) is 5.16. The highest BCUT2D eigenvalue weighted by atomic mass is 32.2. The Hall–Kier alpha value is -3.52. The first-order valence-corrected chi connectivity index (χ1v) is 10.6. The number of hydrogen-bond acceptors (Lipinski definition) is 5. The second-order valence-electron chi connectivity index (χ2n) is 6.80. The summed E-state index contributed by atoms with van der Waals surface area (Å²) in [6.45, 7) is 0.428. The van der Waals surface area contributed by atoms with Crippen molar-refractivity contribution >= 4 is 28.4 Å². The Kier molecular flexibility index (Phi) is 6.37. The molecule has 0 unspecified atom stereocenters. The van der Waals surface area contributed by atoms with Crippen LogP contribution in [-0.2, 0) is 17.9 Å². The number of nitrogens with zero attached hydrogens (tertiary/aromatic N) is 3. The molecule has 31 heavy (non-hydrogen) atoms. The third-order valence-corrected chi connectivity index (χ3v) is 5.63. The molecule has 2 heterocycles. The summed E-state index contributed by atoms with van der Waals surface area (Å²) in [5.74, 6) is -0.299. The minimum atomic E-state index is -0.312. The number of pyridine rings is 1. The number of benzene rings is 2. The molecule has 0 saturated heterocycles. The van der Waals surface area contributed by atoms with Crippen molar-refractivity contribution < 1.29 is 9.18 Å². The Balaban J connectivity index is 1.51. The van der Waals surface area contributed by atoms with Crippen molar-refractivity contribution in [2.45, 2.75) is 18.0 Å². The number of rotatable bonds is 7. The van der Waals surface area contributed by atoms with E-state index in [0.717, 1.165) is 10.6 Å². The Morgan fingerprint density at radius 3 is 2.48 bits per heavy atom. The molecule has 156 valence electrons. The van der Waals surface area contributed by atoms with Crippen LogP contribution in [0.4, 0.5) is 4.39 Å². The molecule has 6 nitrogen and oxygen atoms in total. The fraction of sp³-hybridized carbons (Fsp3) is 0.130. The van der Waals surface area contributed by atoms with Crippen LogP contribution in [0.1, 0.15) is 11.4 Å². The van der Waals surface area contributed by atoms with Crippen LogP contribution >= 0.6 is 11.8 Å². The molecule has 0 aliphatic rings. The molecule has 0 fully saturated rings. The standard InChI is InChI=1S/C23H19FN4O2S/c24-16-8-10-18(11-9-16)31-15-22(29)26-13-21-19-6-1-2-7-20(19)23(30)28(27-21)14-17-5-3-4-12-25-17/h1-12H,13-15H2,(H,26,29). The van der Waals surface area contributed by atoms with Gasteiger partial charge in [-0.1, -0.05) is 24.3 Å². The van der Waals surface area contributed by atoms with Gasteiger partial charge in [-0.05, 0) is 42.5 Å². The predicted molar refractivity (Wildman–Crippen MR) is 118 cm³/mol. The van der Waals surface area contributed by atoms with Crippen molar-refractivity contribution in [2.24, 2.45) is 0 Å². The molecular weight excluding hydrogens is 415 g/mol. The summed E-state index contributed by atoms with van der Waals surface area (Å²) < 4.78 is 14.4. The molecule has 0 aliphatic heterocycles. The van der Waals surface area contributed by atoms with Crippen LogP contribution < -0.4 is 10.9 Å². The average molecular weight is 434 g/mol. The monoisotopic (exact) mass is 434 g/mol. The van der Waals surface area contributed by atoms with Gasteiger partial charge in [0.25, 0.3) is 5.56 Å². The number of fused-ring (bicyclic) bond motifs is 1. The zero-order valence-electron chi connectivity index (χ0n) is 16.5. The summed E-state index contributed by atoms with van der Waals surface area (Å²) in [5.41, 5.74) is 1.12. The lowest BCUT2D eigenvalue weighted by Gasteiger charge is -2.12. The minimum absolute atomic E-state index is 0.178. The molecule has 0 atom stereocenters. The molecule has 1 amide bonds. The maximum Gasteiger partial charge on any atom is 0.275 e. The van der Waals surface area contributed by atoms with Crippen LogP contribution in [0.5, 0.6) is 0 Å². The van der Waals surface area contributed by atoms with Crippen molar-refractivity contribution in [3.05, 3.63) is 100 Å². The fourth-order valence-corrected chi connectivity index (χ4v) is 3.83. The van der Waals surface area contributed by atoms with Gasteiger partial charge in [0.05, 0.1) is 35.6 Å². The van der Waals surface area contributed by atoms with Gasteiger partial charge in [-0.25, -0.2) is 9.07 Å². The lowest BCUT2D eigenvalue weighted by Crippen LogP contribution is -2.29. The summed E-state index contributed by atoms with van der Waals surface area (Å²) in [7, 11) is 0. The van der Waals surface area contributed by atoms with Gasteiger partial charge < -0.3 is 5.32 Å². The van der Waals surface area contributed by atoms with Crippen molar-refractivity contribution in [1.82, 2.24) is 20.1 Å². The predicted octanol–water partition coefficient (Wildman–Crippen LogP) is 3.39. The average Bonchev–Trinajstić information content (AvgIpc) is 2.80. The second-order valence-corrected chi connectivity index (χ2v) is 7.84. The summed E-state index contributed by atoms with van der Waals surface area (Å²) in [4.78, 5) is 30.3. The van der Waals surface area contributed by atoms with Gasteiger partial charge in [0.1, 0.15) is 5.82 Å². The first kappa shape index (κ1) is 20.7.